The maximum Gasteiger partial charge on any atom is 0.119 e. The molecule has 2 N–H and O–H groups in total. The minimum atomic E-state index is 0.107. The number of hydrogen-bond donors (Lipinski definition) is 1. The molecule has 1 unspecified atom stereocenters. The number of ether oxygens (including phenoxy) is 1. The van der Waals surface area contributed by atoms with Crippen molar-refractivity contribution < 1.29 is 4.74 Å². The van der Waals surface area contributed by atoms with Crippen molar-refractivity contribution in [3.63, 3.8) is 0 Å². The van der Waals surface area contributed by atoms with Crippen LogP contribution in [0.15, 0.2) is 24.3 Å². The SMILES string of the molecule is CCOc1cccc([C@H](N)C(C)CC)c1. The second-order valence-electron chi connectivity index (χ2n) is 3.92. The van der Waals surface area contributed by atoms with E-state index in [4.69, 9.17) is 10.5 Å². The molecule has 0 heterocycles. The van der Waals surface area contributed by atoms with Gasteiger partial charge in [0.25, 0.3) is 0 Å². The van der Waals surface area contributed by atoms with E-state index in [1.807, 2.05) is 25.1 Å². The van der Waals surface area contributed by atoms with E-state index in [9.17, 15) is 0 Å². The lowest BCUT2D eigenvalue weighted by atomic mass is 9.93. The summed E-state index contributed by atoms with van der Waals surface area (Å²) >= 11 is 0. The molecule has 0 fully saturated rings. The number of nitrogens with two attached hydrogens (primary N) is 1. The molecule has 15 heavy (non-hydrogen) atoms. The van der Waals surface area contributed by atoms with Crippen molar-refractivity contribution in [3.8, 4) is 5.75 Å². The summed E-state index contributed by atoms with van der Waals surface area (Å²) in [5.74, 6) is 1.41. The van der Waals surface area contributed by atoms with Gasteiger partial charge in [-0.1, -0.05) is 32.4 Å². The predicted octanol–water partition coefficient (Wildman–Crippen LogP) is 3.13. The van der Waals surface area contributed by atoms with E-state index in [-0.39, 0.29) is 6.04 Å². The summed E-state index contributed by atoms with van der Waals surface area (Å²) in [7, 11) is 0. The summed E-state index contributed by atoms with van der Waals surface area (Å²) in [6.07, 6.45) is 1.10. The van der Waals surface area contributed by atoms with Crippen LogP contribution in [-0.4, -0.2) is 6.61 Å². The second-order valence-corrected chi connectivity index (χ2v) is 3.92. The fourth-order valence-corrected chi connectivity index (χ4v) is 1.56. The van der Waals surface area contributed by atoms with E-state index in [1.54, 1.807) is 0 Å². The smallest absolute Gasteiger partial charge is 0.119 e. The number of benzene rings is 1. The molecule has 0 aliphatic heterocycles. The Morgan fingerprint density at radius 3 is 2.67 bits per heavy atom. The molecule has 2 heteroatoms. The van der Waals surface area contributed by atoms with Gasteiger partial charge in [-0.05, 0) is 30.5 Å². The highest BCUT2D eigenvalue weighted by molar-refractivity contribution is 5.30. The zero-order valence-electron chi connectivity index (χ0n) is 9.86. The molecule has 1 aromatic carbocycles. The largest absolute Gasteiger partial charge is 0.494 e. The topological polar surface area (TPSA) is 35.2 Å². The average molecular weight is 207 g/mol. The summed E-state index contributed by atoms with van der Waals surface area (Å²) in [6.45, 7) is 7.03. The molecular weight excluding hydrogens is 186 g/mol. The van der Waals surface area contributed by atoms with Crippen LogP contribution in [0.25, 0.3) is 0 Å². The van der Waals surface area contributed by atoms with Crippen LogP contribution >= 0.6 is 0 Å². The van der Waals surface area contributed by atoms with E-state index in [0.717, 1.165) is 17.7 Å². The molecule has 0 bridgehead atoms. The minimum absolute atomic E-state index is 0.107. The molecule has 1 aromatic rings. The Morgan fingerprint density at radius 1 is 1.33 bits per heavy atom. The van der Waals surface area contributed by atoms with Crippen molar-refractivity contribution in [1.82, 2.24) is 0 Å². The Hall–Kier alpha value is -1.02. The standard InChI is InChI=1S/C13H21NO/c1-4-10(3)13(14)11-7-6-8-12(9-11)15-5-2/h6-10,13H,4-5,14H2,1-3H3/t10?,13-/m1/s1. The van der Waals surface area contributed by atoms with Gasteiger partial charge in [0.15, 0.2) is 0 Å². The summed E-state index contributed by atoms with van der Waals surface area (Å²) in [5.41, 5.74) is 7.32. The van der Waals surface area contributed by atoms with Gasteiger partial charge in [-0.25, -0.2) is 0 Å². The first kappa shape index (κ1) is 12.1. The van der Waals surface area contributed by atoms with Crippen LogP contribution < -0.4 is 10.5 Å². The molecule has 0 saturated carbocycles. The maximum absolute atomic E-state index is 6.16. The van der Waals surface area contributed by atoms with E-state index < -0.39 is 0 Å². The first-order valence-corrected chi connectivity index (χ1v) is 5.67. The summed E-state index contributed by atoms with van der Waals surface area (Å²) < 4.78 is 5.45. The Morgan fingerprint density at radius 2 is 2.07 bits per heavy atom. The molecule has 0 aliphatic carbocycles. The average Bonchev–Trinajstić information content (AvgIpc) is 2.28. The van der Waals surface area contributed by atoms with Crippen LogP contribution in [0, 0.1) is 5.92 Å². The molecule has 2 nitrogen and oxygen atoms in total. The van der Waals surface area contributed by atoms with Gasteiger partial charge in [0.1, 0.15) is 5.75 Å². The molecule has 84 valence electrons. The highest BCUT2D eigenvalue weighted by Crippen LogP contribution is 2.24. The Bertz CT molecular complexity index is 298. The van der Waals surface area contributed by atoms with Crippen LogP contribution in [0.5, 0.6) is 5.75 Å². The van der Waals surface area contributed by atoms with Crippen LogP contribution in [0.1, 0.15) is 38.8 Å². The predicted molar refractivity (Wildman–Crippen MR) is 64.0 cm³/mol. The molecule has 0 aliphatic rings. The minimum Gasteiger partial charge on any atom is -0.494 e. The zero-order chi connectivity index (χ0) is 11.3. The van der Waals surface area contributed by atoms with Gasteiger partial charge in [0.2, 0.25) is 0 Å². The van der Waals surface area contributed by atoms with E-state index >= 15 is 0 Å². The van der Waals surface area contributed by atoms with Crippen LogP contribution in [0.2, 0.25) is 0 Å². The molecule has 0 spiro atoms. The maximum atomic E-state index is 6.16. The van der Waals surface area contributed by atoms with E-state index in [2.05, 4.69) is 19.9 Å². The van der Waals surface area contributed by atoms with Gasteiger partial charge in [-0.2, -0.15) is 0 Å². The Balaban J connectivity index is 2.80. The van der Waals surface area contributed by atoms with Crippen LogP contribution in [0.3, 0.4) is 0 Å². The summed E-state index contributed by atoms with van der Waals surface area (Å²) in [5, 5.41) is 0. The Labute approximate surface area is 92.4 Å². The van der Waals surface area contributed by atoms with Crippen molar-refractivity contribution in [2.45, 2.75) is 33.2 Å². The lowest BCUT2D eigenvalue weighted by Gasteiger charge is -2.19. The first-order chi connectivity index (χ1) is 7.19. The molecule has 0 saturated heterocycles. The van der Waals surface area contributed by atoms with Crippen molar-refractivity contribution in [2.75, 3.05) is 6.61 Å². The van der Waals surface area contributed by atoms with Gasteiger partial charge >= 0.3 is 0 Å². The second kappa shape index (κ2) is 5.76. The molecule has 0 aromatic heterocycles. The summed E-state index contributed by atoms with van der Waals surface area (Å²) in [4.78, 5) is 0. The lowest BCUT2D eigenvalue weighted by Crippen LogP contribution is -2.18. The monoisotopic (exact) mass is 207 g/mol. The fourth-order valence-electron chi connectivity index (χ4n) is 1.56. The van der Waals surface area contributed by atoms with Crippen molar-refractivity contribution in [2.24, 2.45) is 11.7 Å². The molecule has 0 radical (unpaired) electrons. The molecular formula is C13H21NO. The normalized spacial score (nSPS) is 14.7. The lowest BCUT2D eigenvalue weighted by molar-refractivity contribution is 0.339. The highest BCUT2D eigenvalue weighted by atomic mass is 16.5. The van der Waals surface area contributed by atoms with Gasteiger partial charge < -0.3 is 10.5 Å². The van der Waals surface area contributed by atoms with Crippen molar-refractivity contribution in [3.05, 3.63) is 29.8 Å². The first-order valence-electron chi connectivity index (χ1n) is 5.67. The molecule has 1 rings (SSSR count). The van der Waals surface area contributed by atoms with Gasteiger partial charge in [-0.3, -0.25) is 0 Å². The third kappa shape index (κ3) is 3.24. The van der Waals surface area contributed by atoms with Gasteiger partial charge in [-0.15, -0.1) is 0 Å². The Kier molecular flexibility index (Phi) is 4.63. The van der Waals surface area contributed by atoms with Crippen molar-refractivity contribution >= 4 is 0 Å². The van der Waals surface area contributed by atoms with E-state index in [1.165, 1.54) is 0 Å². The fraction of sp³-hybridized carbons (Fsp3) is 0.538. The van der Waals surface area contributed by atoms with Crippen molar-refractivity contribution in [1.29, 1.82) is 0 Å². The van der Waals surface area contributed by atoms with Gasteiger partial charge in [0, 0.05) is 6.04 Å². The summed E-state index contributed by atoms with van der Waals surface area (Å²) in [6, 6.07) is 8.19. The van der Waals surface area contributed by atoms with Gasteiger partial charge in [0.05, 0.1) is 6.61 Å². The van der Waals surface area contributed by atoms with Crippen LogP contribution in [-0.2, 0) is 0 Å². The molecule has 2 atom stereocenters. The molecule has 0 amide bonds. The highest BCUT2D eigenvalue weighted by Gasteiger charge is 2.13. The van der Waals surface area contributed by atoms with Crippen LogP contribution in [0.4, 0.5) is 0 Å². The number of rotatable bonds is 5. The third-order valence-corrected chi connectivity index (χ3v) is 2.81. The zero-order valence-corrected chi connectivity index (χ0v) is 9.86. The quantitative estimate of drug-likeness (QED) is 0.805. The number of hydrogen-bond acceptors (Lipinski definition) is 2. The van der Waals surface area contributed by atoms with E-state index in [0.29, 0.717) is 12.5 Å². The third-order valence-electron chi connectivity index (χ3n) is 2.81.